The second-order valence-corrected chi connectivity index (χ2v) is 6.92. The van der Waals surface area contributed by atoms with Gasteiger partial charge in [-0.15, -0.1) is 0 Å². The number of amides is 1. The number of hydrogen-bond acceptors (Lipinski definition) is 4. The number of nitrogens with zero attached hydrogens (tertiary/aromatic N) is 2. The predicted molar refractivity (Wildman–Crippen MR) is 116 cm³/mol. The molecule has 0 aliphatic carbocycles. The van der Waals surface area contributed by atoms with E-state index >= 15 is 0 Å². The van der Waals surface area contributed by atoms with Gasteiger partial charge in [-0.2, -0.15) is 5.10 Å². The van der Waals surface area contributed by atoms with Crippen LogP contribution in [0.4, 0.5) is 8.78 Å². The van der Waals surface area contributed by atoms with Crippen molar-refractivity contribution < 1.29 is 13.6 Å². The Bertz CT molecular complexity index is 1160. The van der Waals surface area contributed by atoms with Gasteiger partial charge in [0.2, 0.25) is 0 Å². The molecule has 0 spiro atoms. The zero-order chi connectivity index (χ0) is 22.4. The van der Waals surface area contributed by atoms with Crippen molar-refractivity contribution in [2.24, 2.45) is 0 Å². The summed E-state index contributed by atoms with van der Waals surface area (Å²) in [6, 6.07) is 12.3. The quantitative estimate of drug-likeness (QED) is 0.415. The normalized spacial score (nSPS) is 10.4. The molecule has 7 nitrogen and oxygen atoms in total. The molecular formula is C21H19F2N5O2S. The summed E-state index contributed by atoms with van der Waals surface area (Å²) < 4.78 is 28.2. The third-order valence-electron chi connectivity index (χ3n) is 4.17. The van der Waals surface area contributed by atoms with Crippen LogP contribution in [-0.4, -0.2) is 27.3 Å². The molecule has 2 aromatic carbocycles. The molecule has 31 heavy (non-hydrogen) atoms. The third kappa shape index (κ3) is 5.92. The summed E-state index contributed by atoms with van der Waals surface area (Å²) in [5.74, 6) is -1.89. The SMILES string of the molecule is CCNC(=S)NNC(=O)c1cccc(Cn2nc(-c3cc(F)cc(F)c3)ccc2=O)c1. The molecular weight excluding hydrogens is 424 g/mol. The number of hydrogen-bond donors (Lipinski definition) is 3. The zero-order valence-corrected chi connectivity index (χ0v) is 17.3. The Kier molecular flexibility index (Phi) is 7.03. The lowest BCUT2D eigenvalue weighted by Gasteiger charge is -2.11. The van der Waals surface area contributed by atoms with Gasteiger partial charge < -0.3 is 5.32 Å². The fourth-order valence-electron chi connectivity index (χ4n) is 2.79. The van der Waals surface area contributed by atoms with Crippen LogP contribution < -0.4 is 21.7 Å². The van der Waals surface area contributed by atoms with E-state index in [-0.39, 0.29) is 22.9 Å². The highest BCUT2D eigenvalue weighted by Gasteiger charge is 2.10. The van der Waals surface area contributed by atoms with Crippen LogP contribution in [0, 0.1) is 11.6 Å². The highest BCUT2D eigenvalue weighted by molar-refractivity contribution is 7.80. The Morgan fingerprint density at radius 2 is 1.81 bits per heavy atom. The van der Waals surface area contributed by atoms with Crippen LogP contribution in [0.5, 0.6) is 0 Å². The second-order valence-electron chi connectivity index (χ2n) is 6.51. The van der Waals surface area contributed by atoms with Gasteiger partial charge >= 0.3 is 0 Å². The smallest absolute Gasteiger partial charge is 0.269 e. The minimum Gasteiger partial charge on any atom is -0.362 e. The molecule has 0 unspecified atom stereocenters. The average Bonchev–Trinajstić information content (AvgIpc) is 2.73. The van der Waals surface area contributed by atoms with Crippen molar-refractivity contribution in [2.75, 3.05) is 6.54 Å². The first-order valence-corrected chi connectivity index (χ1v) is 9.74. The van der Waals surface area contributed by atoms with E-state index < -0.39 is 23.1 Å². The number of nitrogens with one attached hydrogen (secondary N) is 3. The monoisotopic (exact) mass is 443 g/mol. The van der Waals surface area contributed by atoms with E-state index in [0.29, 0.717) is 17.7 Å². The first-order chi connectivity index (χ1) is 14.9. The molecule has 3 aromatic rings. The summed E-state index contributed by atoms with van der Waals surface area (Å²) in [6.07, 6.45) is 0. The summed E-state index contributed by atoms with van der Waals surface area (Å²) >= 11 is 4.99. The number of rotatable bonds is 5. The lowest BCUT2D eigenvalue weighted by molar-refractivity contribution is 0.0943. The van der Waals surface area contributed by atoms with E-state index in [2.05, 4.69) is 21.3 Å². The topological polar surface area (TPSA) is 88.0 Å². The number of halogens is 2. The van der Waals surface area contributed by atoms with Crippen LogP contribution >= 0.6 is 12.2 Å². The lowest BCUT2D eigenvalue weighted by atomic mass is 10.1. The molecule has 3 N–H and O–H groups in total. The van der Waals surface area contributed by atoms with E-state index in [9.17, 15) is 18.4 Å². The Hall–Kier alpha value is -3.66. The standard InChI is InChI=1S/C21H19F2N5O2S/c1-2-24-21(31)26-25-20(30)14-5-3-4-13(8-14)12-28-19(29)7-6-18(27-28)15-9-16(22)11-17(23)10-15/h3-11H,2,12H2,1H3,(H,25,30)(H2,24,26,31). The van der Waals surface area contributed by atoms with Gasteiger partial charge in [-0.1, -0.05) is 12.1 Å². The molecule has 0 saturated carbocycles. The van der Waals surface area contributed by atoms with Gasteiger partial charge in [0.05, 0.1) is 12.2 Å². The number of aromatic nitrogens is 2. The van der Waals surface area contributed by atoms with E-state index in [1.165, 1.54) is 12.1 Å². The fourth-order valence-corrected chi connectivity index (χ4v) is 2.99. The number of carbonyl (C=O) groups excluding carboxylic acids is 1. The van der Waals surface area contributed by atoms with Gasteiger partial charge in [-0.3, -0.25) is 20.4 Å². The molecule has 0 fully saturated rings. The summed E-state index contributed by atoms with van der Waals surface area (Å²) in [4.78, 5) is 24.6. The molecule has 10 heteroatoms. The minimum atomic E-state index is -0.740. The Labute approximate surface area is 182 Å². The number of benzene rings is 2. The van der Waals surface area contributed by atoms with Gasteiger partial charge in [-0.05, 0) is 55.0 Å². The van der Waals surface area contributed by atoms with Crippen LogP contribution in [0.25, 0.3) is 11.3 Å². The van der Waals surface area contributed by atoms with Crippen LogP contribution in [0.3, 0.4) is 0 Å². The van der Waals surface area contributed by atoms with Crippen LogP contribution in [0.15, 0.2) is 59.4 Å². The highest BCUT2D eigenvalue weighted by Crippen LogP contribution is 2.18. The molecule has 0 aliphatic rings. The van der Waals surface area contributed by atoms with Crippen LogP contribution in [0.2, 0.25) is 0 Å². The number of hydrazine groups is 1. The Morgan fingerprint density at radius 3 is 2.52 bits per heavy atom. The third-order valence-corrected chi connectivity index (χ3v) is 4.42. The number of carbonyl (C=O) groups is 1. The maximum absolute atomic E-state index is 13.5. The van der Waals surface area contributed by atoms with Crippen molar-refractivity contribution in [2.45, 2.75) is 13.5 Å². The van der Waals surface area contributed by atoms with E-state index in [4.69, 9.17) is 12.2 Å². The molecule has 0 saturated heterocycles. The summed E-state index contributed by atoms with van der Waals surface area (Å²) in [7, 11) is 0. The van der Waals surface area contributed by atoms with Gasteiger partial charge in [0.1, 0.15) is 11.6 Å². The Balaban J connectivity index is 1.80. The molecule has 0 radical (unpaired) electrons. The van der Waals surface area contributed by atoms with Crippen LogP contribution in [0.1, 0.15) is 22.8 Å². The van der Waals surface area contributed by atoms with Crippen molar-refractivity contribution in [1.82, 2.24) is 25.9 Å². The zero-order valence-electron chi connectivity index (χ0n) is 16.5. The van der Waals surface area contributed by atoms with Crippen molar-refractivity contribution in [3.05, 3.63) is 87.7 Å². The molecule has 1 amide bonds. The lowest BCUT2D eigenvalue weighted by Crippen LogP contribution is -2.46. The number of thiocarbonyl (C=S) groups is 1. The van der Waals surface area contributed by atoms with Gasteiger partial charge in [0.15, 0.2) is 5.11 Å². The fraction of sp³-hybridized carbons (Fsp3) is 0.143. The average molecular weight is 443 g/mol. The van der Waals surface area contributed by atoms with Crippen LogP contribution in [-0.2, 0) is 6.54 Å². The first kappa shape index (κ1) is 22.0. The summed E-state index contributed by atoms with van der Waals surface area (Å²) in [5, 5.41) is 7.33. The van der Waals surface area contributed by atoms with Crippen molar-refractivity contribution in [3.8, 4) is 11.3 Å². The molecule has 0 aliphatic heterocycles. The van der Waals surface area contributed by atoms with Crippen molar-refractivity contribution in [3.63, 3.8) is 0 Å². The van der Waals surface area contributed by atoms with Crippen molar-refractivity contribution >= 4 is 23.2 Å². The second kappa shape index (κ2) is 9.90. The maximum Gasteiger partial charge on any atom is 0.269 e. The first-order valence-electron chi connectivity index (χ1n) is 9.33. The maximum atomic E-state index is 13.5. The molecule has 1 aromatic heterocycles. The minimum absolute atomic E-state index is 0.0643. The molecule has 160 valence electrons. The van der Waals surface area contributed by atoms with E-state index in [1.54, 1.807) is 24.3 Å². The van der Waals surface area contributed by atoms with E-state index in [1.807, 2.05) is 6.92 Å². The molecule has 0 atom stereocenters. The molecule has 0 bridgehead atoms. The van der Waals surface area contributed by atoms with E-state index in [0.717, 1.165) is 22.9 Å². The summed E-state index contributed by atoms with van der Waals surface area (Å²) in [6.45, 7) is 2.55. The van der Waals surface area contributed by atoms with Gasteiger partial charge in [0.25, 0.3) is 11.5 Å². The van der Waals surface area contributed by atoms with Gasteiger partial charge in [0, 0.05) is 29.8 Å². The largest absolute Gasteiger partial charge is 0.362 e. The predicted octanol–water partition coefficient (Wildman–Crippen LogP) is 2.37. The molecule has 1 heterocycles. The molecule has 3 rings (SSSR count). The Morgan fingerprint density at radius 1 is 1.06 bits per heavy atom. The highest BCUT2D eigenvalue weighted by atomic mass is 32.1. The summed E-state index contributed by atoms with van der Waals surface area (Å²) in [5.41, 5.74) is 6.11. The van der Waals surface area contributed by atoms with Gasteiger partial charge in [-0.25, -0.2) is 13.5 Å². The van der Waals surface area contributed by atoms with Crippen molar-refractivity contribution in [1.29, 1.82) is 0 Å².